The van der Waals surface area contributed by atoms with Gasteiger partial charge >= 0.3 is 0 Å². The zero-order chi connectivity index (χ0) is 12.3. The van der Waals surface area contributed by atoms with Crippen molar-refractivity contribution in [3.63, 3.8) is 0 Å². The van der Waals surface area contributed by atoms with Crippen molar-refractivity contribution >= 4 is 17.5 Å². The number of carbonyl (C=O) groups excluding carboxylic acids is 1. The van der Waals surface area contributed by atoms with E-state index in [0.717, 1.165) is 11.8 Å². The van der Waals surface area contributed by atoms with E-state index in [0.29, 0.717) is 15.6 Å². The highest BCUT2D eigenvalue weighted by molar-refractivity contribution is 7.99. The van der Waals surface area contributed by atoms with Gasteiger partial charge in [0, 0.05) is 18.0 Å². The molecule has 0 N–H and O–H groups in total. The zero-order valence-corrected chi connectivity index (χ0v) is 9.87. The third-order valence-corrected chi connectivity index (χ3v) is 3.03. The van der Waals surface area contributed by atoms with Crippen molar-refractivity contribution < 1.29 is 9.18 Å². The molecule has 0 aliphatic rings. The number of benzene rings is 1. The lowest BCUT2D eigenvalue weighted by Gasteiger charge is -2.02. The third kappa shape index (κ3) is 2.88. The predicted molar refractivity (Wildman–Crippen MR) is 62.6 cm³/mol. The molecule has 1 aromatic carbocycles. The van der Waals surface area contributed by atoms with E-state index in [4.69, 9.17) is 0 Å². The van der Waals surface area contributed by atoms with Crippen molar-refractivity contribution in [1.82, 2.24) is 9.97 Å². The lowest BCUT2D eigenvalue weighted by Crippen LogP contribution is -1.94. The van der Waals surface area contributed by atoms with Gasteiger partial charge in [-0.25, -0.2) is 14.4 Å². The van der Waals surface area contributed by atoms with Crippen LogP contribution in [0.5, 0.6) is 0 Å². The normalized spacial score (nSPS) is 10.2. The van der Waals surface area contributed by atoms with Gasteiger partial charge in [-0.1, -0.05) is 6.07 Å². The molecule has 3 nitrogen and oxygen atoms in total. The van der Waals surface area contributed by atoms with Gasteiger partial charge in [0.1, 0.15) is 5.82 Å². The fraction of sp³-hybridized carbons (Fsp3) is 0.0833. The van der Waals surface area contributed by atoms with Gasteiger partial charge in [-0.05, 0) is 36.9 Å². The number of Topliss-reactive ketones (excluding diaryl/α,β-unsaturated/α-hetero) is 1. The fourth-order valence-corrected chi connectivity index (χ4v) is 1.96. The molecule has 1 aromatic heterocycles. The minimum atomic E-state index is -0.435. The van der Waals surface area contributed by atoms with Crippen LogP contribution in [0.1, 0.15) is 17.3 Å². The van der Waals surface area contributed by atoms with E-state index in [2.05, 4.69) is 9.97 Å². The summed E-state index contributed by atoms with van der Waals surface area (Å²) in [5.41, 5.74) is 0.362. The van der Waals surface area contributed by atoms with Crippen molar-refractivity contribution in [2.75, 3.05) is 0 Å². The van der Waals surface area contributed by atoms with Crippen LogP contribution in [-0.4, -0.2) is 15.8 Å². The molecule has 5 heteroatoms. The van der Waals surface area contributed by atoms with Crippen molar-refractivity contribution in [2.45, 2.75) is 17.0 Å². The number of nitrogens with zero attached hydrogens (tertiary/aromatic N) is 2. The summed E-state index contributed by atoms with van der Waals surface area (Å²) in [6.07, 6.45) is 3.19. The van der Waals surface area contributed by atoms with Crippen LogP contribution >= 0.6 is 11.8 Å². The number of ketones is 1. The van der Waals surface area contributed by atoms with Crippen molar-refractivity contribution in [3.05, 3.63) is 48.0 Å². The Labute approximate surface area is 102 Å². The second-order valence-corrected chi connectivity index (χ2v) is 4.34. The minimum absolute atomic E-state index is 0.156. The van der Waals surface area contributed by atoms with Gasteiger partial charge in [0.2, 0.25) is 0 Å². The summed E-state index contributed by atoms with van der Waals surface area (Å²) < 4.78 is 13.7. The molecule has 86 valence electrons. The Bertz CT molecular complexity index is 545. The summed E-state index contributed by atoms with van der Waals surface area (Å²) in [7, 11) is 0. The Morgan fingerprint density at radius 3 is 2.59 bits per heavy atom. The SMILES string of the molecule is CC(=O)c1ccc(Sc2ncccn2)c(F)c1. The van der Waals surface area contributed by atoms with Crippen LogP contribution in [0.3, 0.4) is 0 Å². The summed E-state index contributed by atoms with van der Waals surface area (Å²) in [5, 5.41) is 0.474. The van der Waals surface area contributed by atoms with Crippen LogP contribution in [0.2, 0.25) is 0 Å². The largest absolute Gasteiger partial charge is 0.295 e. The van der Waals surface area contributed by atoms with E-state index in [1.807, 2.05) is 0 Å². The molecule has 17 heavy (non-hydrogen) atoms. The van der Waals surface area contributed by atoms with Crippen LogP contribution in [0.25, 0.3) is 0 Å². The number of carbonyl (C=O) groups is 1. The molecule has 2 aromatic rings. The molecule has 0 unspecified atom stereocenters. The first-order chi connectivity index (χ1) is 8.16. The molecule has 0 amide bonds. The first-order valence-electron chi connectivity index (χ1n) is 4.92. The van der Waals surface area contributed by atoms with Crippen LogP contribution in [0.15, 0.2) is 46.7 Å². The maximum atomic E-state index is 13.7. The number of hydrogen-bond donors (Lipinski definition) is 0. The van der Waals surface area contributed by atoms with E-state index in [9.17, 15) is 9.18 Å². The molecule has 1 heterocycles. The molecule has 0 aliphatic carbocycles. The number of halogens is 1. The van der Waals surface area contributed by atoms with Crippen LogP contribution in [0, 0.1) is 5.82 Å². The molecule has 0 atom stereocenters. The van der Waals surface area contributed by atoms with E-state index in [1.165, 1.54) is 13.0 Å². The van der Waals surface area contributed by atoms with Gasteiger partial charge in [0.15, 0.2) is 10.9 Å². The second kappa shape index (κ2) is 5.05. The highest BCUT2D eigenvalue weighted by Crippen LogP contribution is 2.27. The molecule has 2 rings (SSSR count). The Morgan fingerprint density at radius 1 is 1.29 bits per heavy atom. The molecule has 0 saturated heterocycles. The molecule has 0 aliphatic heterocycles. The Balaban J connectivity index is 2.26. The number of hydrogen-bond acceptors (Lipinski definition) is 4. The van der Waals surface area contributed by atoms with Gasteiger partial charge in [-0.15, -0.1) is 0 Å². The van der Waals surface area contributed by atoms with Gasteiger partial charge in [-0.2, -0.15) is 0 Å². The topological polar surface area (TPSA) is 42.9 Å². The maximum absolute atomic E-state index is 13.7. The average Bonchev–Trinajstić information content (AvgIpc) is 2.33. The summed E-state index contributed by atoms with van der Waals surface area (Å²) in [5.74, 6) is -0.591. The van der Waals surface area contributed by atoms with Crippen LogP contribution in [-0.2, 0) is 0 Å². The minimum Gasteiger partial charge on any atom is -0.295 e. The summed E-state index contributed by atoms with van der Waals surface area (Å²) in [6, 6.07) is 6.08. The lowest BCUT2D eigenvalue weighted by atomic mass is 10.1. The first-order valence-corrected chi connectivity index (χ1v) is 5.74. The van der Waals surface area contributed by atoms with Crippen LogP contribution < -0.4 is 0 Å². The maximum Gasteiger partial charge on any atom is 0.192 e. The van der Waals surface area contributed by atoms with Gasteiger partial charge in [0.05, 0.1) is 4.90 Å². The smallest absolute Gasteiger partial charge is 0.192 e. The summed E-state index contributed by atoms with van der Waals surface area (Å²) in [4.78, 5) is 19.5. The first kappa shape index (κ1) is 11.7. The van der Waals surface area contributed by atoms with Crippen molar-refractivity contribution in [1.29, 1.82) is 0 Å². The second-order valence-electron chi connectivity index (χ2n) is 3.33. The molecule has 0 radical (unpaired) electrons. The standard InChI is InChI=1S/C12H9FN2OS/c1-8(16)9-3-4-11(10(13)7-9)17-12-14-5-2-6-15-12/h2-7H,1H3. The molecule has 0 saturated carbocycles. The Morgan fingerprint density at radius 2 is 2.00 bits per heavy atom. The van der Waals surface area contributed by atoms with E-state index in [-0.39, 0.29) is 5.78 Å². The molecular weight excluding hydrogens is 239 g/mol. The Kier molecular flexibility index (Phi) is 3.49. The monoisotopic (exact) mass is 248 g/mol. The average molecular weight is 248 g/mol. The summed E-state index contributed by atoms with van der Waals surface area (Å²) >= 11 is 1.13. The van der Waals surface area contributed by atoms with Gasteiger partial charge in [0.25, 0.3) is 0 Å². The number of aromatic nitrogens is 2. The predicted octanol–water partition coefficient (Wildman–Crippen LogP) is 2.97. The lowest BCUT2D eigenvalue weighted by molar-refractivity contribution is 0.101. The van der Waals surface area contributed by atoms with Crippen molar-refractivity contribution in [3.8, 4) is 0 Å². The van der Waals surface area contributed by atoms with E-state index in [1.54, 1.807) is 30.6 Å². The number of rotatable bonds is 3. The molecule has 0 spiro atoms. The highest BCUT2D eigenvalue weighted by Gasteiger charge is 2.08. The zero-order valence-electron chi connectivity index (χ0n) is 9.05. The molecule has 0 fully saturated rings. The quantitative estimate of drug-likeness (QED) is 0.618. The van der Waals surface area contributed by atoms with E-state index >= 15 is 0 Å². The Hall–Kier alpha value is -1.75. The van der Waals surface area contributed by atoms with E-state index < -0.39 is 5.82 Å². The highest BCUT2D eigenvalue weighted by atomic mass is 32.2. The summed E-state index contributed by atoms with van der Waals surface area (Å²) in [6.45, 7) is 1.40. The molecular formula is C12H9FN2OS. The van der Waals surface area contributed by atoms with Gasteiger partial charge < -0.3 is 0 Å². The molecule has 0 bridgehead atoms. The third-order valence-electron chi connectivity index (χ3n) is 2.08. The fourth-order valence-electron chi connectivity index (χ4n) is 1.24. The van der Waals surface area contributed by atoms with Crippen molar-refractivity contribution in [2.24, 2.45) is 0 Å². The van der Waals surface area contributed by atoms with Crippen LogP contribution in [0.4, 0.5) is 4.39 Å². The van der Waals surface area contributed by atoms with Gasteiger partial charge in [-0.3, -0.25) is 4.79 Å².